The number of nitrogens with one attached hydrogen (secondary N) is 1. The van der Waals surface area contributed by atoms with Crippen LogP contribution >= 0.6 is 11.6 Å². The zero-order chi connectivity index (χ0) is 19.6. The first-order valence-electron chi connectivity index (χ1n) is 9.00. The average molecular weight is 389 g/mol. The van der Waals surface area contributed by atoms with Crippen molar-refractivity contribution in [2.24, 2.45) is 0 Å². The number of carbonyl (C=O) groups is 2. The topological polar surface area (TPSA) is 58.6 Å². The van der Waals surface area contributed by atoms with Crippen LogP contribution in [0.5, 0.6) is 5.75 Å². The predicted octanol–water partition coefficient (Wildman–Crippen LogP) is 3.31. The third-order valence-corrected chi connectivity index (χ3v) is 4.43. The van der Waals surface area contributed by atoms with Crippen LogP contribution in [0.1, 0.15) is 19.4 Å². The van der Waals surface area contributed by atoms with E-state index in [1.807, 2.05) is 37.3 Å². The largest absolute Gasteiger partial charge is 0.484 e. The van der Waals surface area contributed by atoms with E-state index in [1.165, 1.54) is 0 Å². The van der Waals surface area contributed by atoms with E-state index in [2.05, 4.69) is 5.32 Å². The second-order valence-electron chi connectivity index (χ2n) is 6.14. The Balaban J connectivity index is 2.03. The highest BCUT2D eigenvalue weighted by Gasteiger charge is 2.25. The molecule has 0 aliphatic carbocycles. The lowest BCUT2D eigenvalue weighted by atomic mass is 10.1. The zero-order valence-corrected chi connectivity index (χ0v) is 16.4. The van der Waals surface area contributed by atoms with E-state index >= 15 is 0 Å². The molecule has 0 aromatic heterocycles. The third-order valence-electron chi connectivity index (χ3n) is 4.18. The van der Waals surface area contributed by atoms with Crippen molar-refractivity contribution < 1.29 is 14.3 Å². The number of benzene rings is 2. The first-order valence-corrected chi connectivity index (χ1v) is 9.38. The van der Waals surface area contributed by atoms with Crippen LogP contribution in [0, 0.1) is 0 Å². The van der Waals surface area contributed by atoms with Crippen LogP contribution in [-0.2, 0) is 16.0 Å². The van der Waals surface area contributed by atoms with Gasteiger partial charge in [0.15, 0.2) is 6.61 Å². The summed E-state index contributed by atoms with van der Waals surface area (Å²) in [5.74, 6) is 0.145. The average Bonchev–Trinajstić information content (AvgIpc) is 2.68. The molecule has 6 heteroatoms. The van der Waals surface area contributed by atoms with Gasteiger partial charge in [0, 0.05) is 18.1 Å². The van der Waals surface area contributed by atoms with Gasteiger partial charge in [-0.25, -0.2) is 0 Å². The molecule has 2 rings (SSSR count). The normalized spacial score (nSPS) is 11.5. The molecule has 144 valence electrons. The van der Waals surface area contributed by atoms with E-state index in [1.54, 1.807) is 36.1 Å². The summed E-state index contributed by atoms with van der Waals surface area (Å²) in [5, 5.41) is 3.37. The molecule has 0 saturated heterocycles. The molecule has 2 aromatic rings. The molecule has 27 heavy (non-hydrogen) atoms. The predicted molar refractivity (Wildman–Crippen MR) is 107 cm³/mol. The Bertz CT molecular complexity index is 735. The smallest absolute Gasteiger partial charge is 0.261 e. The number of ether oxygens (including phenoxy) is 1. The maximum Gasteiger partial charge on any atom is 0.261 e. The summed E-state index contributed by atoms with van der Waals surface area (Å²) in [6.07, 6.45) is 0.664. The second-order valence-corrected chi connectivity index (χ2v) is 6.57. The summed E-state index contributed by atoms with van der Waals surface area (Å²) >= 11 is 5.86. The Hall–Kier alpha value is -2.53. The SMILES string of the molecule is CCNC(=O)C(C)N(CCc1ccccc1)C(=O)COc1ccc(Cl)cc1. The van der Waals surface area contributed by atoms with Gasteiger partial charge in [0.05, 0.1) is 0 Å². The molecule has 2 aromatic carbocycles. The molecule has 0 bridgehead atoms. The molecule has 1 N–H and O–H groups in total. The van der Waals surface area contributed by atoms with Crippen molar-refractivity contribution in [3.8, 4) is 5.75 Å². The van der Waals surface area contributed by atoms with Crippen molar-refractivity contribution in [2.45, 2.75) is 26.3 Å². The standard InChI is InChI=1S/C21H25ClN2O3/c1-3-23-21(26)16(2)24(14-13-17-7-5-4-6-8-17)20(25)15-27-19-11-9-18(22)10-12-19/h4-12,16H,3,13-15H2,1-2H3,(H,23,26). The minimum atomic E-state index is -0.574. The van der Waals surface area contributed by atoms with Gasteiger partial charge in [-0.3, -0.25) is 9.59 Å². The molecule has 0 saturated carbocycles. The monoisotopic (exact) mass is 388 g/mol. The fourth-order valence-corrected chi connectivity index (χ4v) is 2.78. The van der Waals surface area contributed by atoms with E-state index in [4.69, 9.17) is 16.3 Å². The quantitative estimate of drug-likeness (QED) is 0.716. The van der Waals surface area contributed by atoms with E-state index in [0.717, 1.165) is 5.56 Å². The van der Waals surface area contributed by atoms with Gasteiger partial charge in [-0.2, -0.15) is 0 Å². The molecular weight excluding hydrogens is 364 g/mol. The van der Waals surface area contributed by atoms with Crippen LogP contribution in [0.3, 0.4) is 0 Å². The fourth-order valence-electron chi connectivity index (χ4n) is 2.65. The van der Waals surface area contributed by atoms with Gasteiger partial charge in [-0.15, -0.1) is 0 Å². The molecule has 0 aliphatic rings. The first-order chi connectivity index (χ1) is 13.0. The molecule has 0 spiro atoms. The van der Waals surface area contributed by atoms with Crippen molar-refractivity contribution in [1.82, 2.24) is 10.2 Å². The zero-order valence-electron chi connectivity index (χ0n) is 15.7. The molecule has 0 aliphatic heterocycles. The minimum Gasteiger partial charge on any atom is -0.484 e. The Morgan fingerprint density at radius 2 is 1.78 bits per heavy atom. The number of rotatable bonds is 9. The molecule has 1 unspecified atom stereocenters. The van der Waals surface area contributed by atoms with Crippen molar-refractivity contribution >= 4 is 23.4 Å². The molecule has 1 atom stereocenters. The number of nitrogens with zero attached hydrogens (tertiary/aromatic N) is 1. The van der Waals surface area contributed by atoms with Gasteiger partial charge < -0.3 is 15.0 Å². The van der Waals surface area contributed by atoms with Crippen LogP contribution in [0.15, 0.2) is 54.6 Å². The van der Waals surface area contributed by atoms with E-state index < -0.39 is 6.04 Å². The van der Waals surface area contributed by atoms with Crippen molar-refractivity contribution in [2.75, 3.05) is 19.7 Å². The molecule has 0 heterocycles. The van der Waals surface area contributed by atoms with Crippen LogP contribution < -0.4 is 10.1 Å². The highest BCUT2D eigenvalue weighted by Crippen LogP contribution is 2.16. The fraction of sp³-hybridized carbons (Fsp3) is 0.333. The van der Waals surface area contributed by atoms with Gasteiger partial charge in [0.1, 0.15) is 11.8 Å². The van der Waals surface area contributed by atoms with Crippen molar-refractivity contribution in [3.63, 3.8) is 0 Å². The lowest BCUT2D eigenvalue weighted by Gasteiger charge is -2.28. The first kappa shape index (κ1) is 20.8. The Morgan fingerprint density at radius 3 is 2.41 bits per heavy atom. The Kier molecular flexibility index (Phi) is 8.14. The lowest BCUT2D eigenvalue weighted by molar-refractivity contribution is -0.141. The number of likely N-dealkylation sites (N-methyl/N-ethyl adjacent to an activating group) is 1. The van der Waals surface area contributed by atoms with Crippen molar-refractivity contribution in [3.05, 3.63) is 65.2 Å². The summed E-state index contributed by atoms with van der Waals surface area (Å²) in [4.78, 5) is 26.6. The van der Waals surface area contributed by atoms with Gasteiger partial charge >= 0.3 is 0 Å². The number of hydrogen-bond acceptors (Lipinski definition) is 3. The van der Waals surface area contributed by atoms with Crippen molar-refractivity contribution in [1.29, 1.82) is 0 Å². The maximum absolute atomic E-state index is 12.7. The molecule has 0 fully saturated rings. The maximum atomic E-state index is 12.7. The Morgan fingerprint density at radius 1 is 1.11 bits per heavy atom. The summed E-state index contributed by atoms with van der Waals surface area (Å²) in [5.41, 5.74) is 1.11. The third kappa shape index (κ3) is 6.61. The minimum absolute atomic E-state index is 0.139. The summed E-state index contributed by atoms with van der Waals surface area (Å²) < 4.78 is 5.56. The summed E-state index contributed by atoms with van der Waals surface area (Å²) in [7, 11) is 0. The van der Waals surface area contributed by atoms with Gasteiger partial charge in [0.2, 0.25) is 5.91 Å². The summed E-state index contributed by atoms with van der Waals surface area (Å²) in [6.45, 7) is 4.40. The van der Waals surface area contributed by atoms with E-state index in [-0.39, 0.29) is 18.4 Å². The van der Waals surface area contributed by atoms with Crippen LogP contribution in [0.25, 0.3) is 0 Å². The number of hydrogen-bond donors (Lipinski definition) is 1. The van der Waals surface area contributed by atoms with Gasteiger partial charge in [-0.1, -0.05) is 41.9 Å². The van der Waals surface area contributed by atoms with E-state index in [0.29, 0.717) is 30.3 Å². The van der Waals surface area contributed by atoms with Crippen LogP contribution in [-0.4, -0.2) is 42.5 Å². The van der Waals surface area contributed by atoms with Crippen LogP contribution in [0.2, 0.25) is 5.02 Å². The lowest BCUT2D eigenvalue weighted by Crippen LogP contribution is -2.50. The highest BCUT2D eigenvalue weighted by molar-refractivity contribution is 6.30. The second kappa shape index (κ2) is 10.6. The van der Waals surface area contributed by atoms with Gasteiger partial charge in [-0.05, 0) is 50.1 Å². The number of carbonyl (C=O) groups excluding carboxylic acids is 2. The Labute approximate surface area is 165 Å². The number of amides is 2. The molecule has 2 amide bonds. The summed E-state index contributed by atoms with van der Waals surface area (Å²) in [6, 6.07) is 16.1. The van der Waals surface area contributed by atoms with Crippen LogP contribution in [0.4, 0.5) is 0 Å². The van der Waals surface area contributed by atoms with Gasteiger partial charge in [0.25, 0.3) is 5.91 Å². The molecular formula is C21H25ClN2O3. The highest BCUT2D eigenvalue weighted by atomic mass is 35.5. The van der Waals surface area contributed by atoms with E-state index in [9.17, 15) is 9.59 Å². The number of halogens is 1. The molecule has 5 nitrogen and oxygen atoms in total. The molecule has 0 radical (unpaired) electrons.